The van der Waals surface area contributed by atoms with Crippen LogP contribution in [0.5, 0.6) is 0 Å². The van der Waals surface area contributed by atoms with Crippen LogP contribution in [0, 0.1) is 0 Å². The van der Waals surface area contributed by atoms with E-state index in [9.17, 15) is 4.79 Å². The lowest BCUT2D eigenvalue weighted by atomic mass is 10.1. The van der Waals surface area contributed by atoms with Crippen molar-refractivity contribution in [3.05, 3.63) is 44.3 Å². The Morgan fingerprint density at radius 1 is 1.47 bits per heavy atom. The summed E-state index contributed by atoms with van der Waals surface area (Å²) in [6.07, 6.45) is 1.68. The number of hydrogen-bond acceptors (Lipinski definition) is 5. The Morgan fingerprint density at radius 3 is 2.89 bits per heavy atom. The van der Waals surface area contributed by atoms with Gasteiger partial charge in [0.2, 0.25) is 0 Å². The molecule has 0 amide bonds. The average molecular weight is 317 g/mol. The first-order chi connectivity index (χ1) is 9.11. The van der Waals surface area contributed by atoms with E-state index in [2.05, 4.69) is 10.3 Å². The third-order valence-electron chi connectivity index (χ3n) is 2.38. The number of aromatic nitrogens is 1. The highest BCUT2D eigenvalue weighted by Crippen LogP contribution is 2.26. The first-order valence-corrected chi connectivity index (χ1v) is 6.90. The van der Waals surface area contributed by atoms with Crippen molar-refractivity contribution >= 4 is 46.2 Å². The number of methoxy groups -OCH3 is 1. The Morgan fingerprint density at radius 2 is 2.26 bits per heavy atom. The number of nitrogens with one attached hydrogen (secondary N) is 1. The maximum Gasteiger partial charge on any atom is 0.341 e. The third-order valence-corrected chi connectivity index (χ3v) is 3.81. The van der Waals surface area contributed by atoms with E-state index < -0.39 is 5.97 Å². The number of esters is 1. The zero-order chi connectivity index (χ0) is 13.8. The number of thiazole rings is 1. The van der Waals surface area contributed by atoms with Crippen molar-refractivity contribution in [1.29, 1.82) is 0 Å². The van der Waals surface area contributed by atoms with E-state index in [1.165, 1.54) is 18.4 Å². The minimum Gasteiger partial charge on any atom is -0.465 e. The molecule has 1 heterocycles. The summed E-state index contributed by atoms with van der Waals surface area (Å²) >= 11 is 13.1. The number of carbonyl (C=O) groups is 1. The van der Waals surface area contributed by atoms with Gasteiger partial charge in [-0.15, -0.1) is 11.3 Å². The lowest BCUT2D eigenvalue weighted by molar-refractivity contribution is 0.0602. The van der Waals surface area contributed by atoms with Gasteiger partial charge in [0.05, 0.1) is 24.4 Å². The molecule has 19 heavy (non-hydrogen) atoms. The van der Waals surface area contributed by atoms with E-state index in [0.29, 0.717) is 27.3 Å². The van der Waals surface area contributed by atoms with E-state index in [4.69, 9.17) is 27.9 Å². The number of rotatable bonds is 4. The maximum absolute atomic E-state index is 11.7. The van der Waals surface area contributed by atoms with Crippen LogP contribution in [0.25, 0.3) is 0 Å². The number of halogens is 2. The van der Waals surface area contributed by atoms with E-state index in [1.54, 1.807) is 24.4 Å². The molecule has 0 aliphatic carbocycles. The molecule has 0 saturated heterocycles. The zero-order valence-corrected chi connectivity index (χ0v) is 12.3. The van der Waals surface area contributed by atoms with Crippen molar-refractivity contribution in [3.63, 3.8) is 0 Å². The molecular formula is C12H10Cl2N2O2S. The van der Waals surface area contributed by atoms with Crippen molar-refractivity contribution in [2.24, 2.45) is 0 Å². The van der Waals surface area contributed by atoms with Gasteiger partial charge in [-0.1, -0.05) is 29.3 Å². The van der Waals surface area contributed by atoms with Crippen LogP contribution in [0.4, 0.5) is 5.69 Å². The van der Waals surface area contributed by atoms with Crippen molar-refractivity contribution < 1.29 is 9.53 Å². The molecule has 0 radical (unpaired) electrons. The normalized spacial score (nSPS) is 10.3. The summed E-state index contributed by atoms with van der Waals surface area (Å²) in [5.74, 6) is -0.476. The van der Waals surface area contributed by atoms with E-state index in [1.807, 2.05) is 0 Å². The minimum absolute atomic E-state index is 0.322. The molecule has 0 bridgehead atoms. The Labute approximate surface area is 124 Å². The van der Waals surface area contributed by atoms with E-state index in [-0.39, 0.29) is 0 Å². The second-order valence-electron chi connectivity index (χ2n) is 3.59. The lowest BCUT2D eigenvalue weighted by Crippen LogP contribution is -2.08. The highest BCUT2D eigenvalue weighted by molar-refractivity contribution is 7.15. The van der Waals surface area contributed by atoms with Crippen LogP contribution < -0.4 is 5.32 Å². The van der Waals surface area contributed by atoms with Crippen LogP contribution in [-0.4, -0.2) is 18.1 Å². The molecule has 2 rings (SSSR count). The van der Waals surface area contributed by atoms with Gasteiger partial charge in [0.25, 0.3) is 0 Å². The monoisotopic (exact) mass is 316 g/mol. The van der Waals surface area contributed by atoms with Crippen molar-refractivity contribution in [1.82, 2.24) is 4.98 Å². The molecule has 0 aliphatic rings. The van der Waals surface area contributed by atoms with Crippen molar-refractivity contribution in [3.8, 4) is 0 Å². The lowest BCUT2D eigenvalue weighted by Gasteiger charge is -2.11. The second kappa shape index (κ2) is 6.23. The summed E-state index contributed by atoms with van der Waals surface area (Å²) in [6.45, 7) is 0.509. The molecule has 1 aromatic heterocycles. The van der Waals surface area contributed by atoms with Crippen LogP contribution in [0.15, 0.2) is 24.4 Å². The highest BCUT2D eigenvalue weighted by atomic mass is 35.5. The van der Waals surface area contributed by atoms with E-state index >= 15 is 0 Å². The number of anilines is 1. The fourth-order valence-electron chi connectivity index (χ4n) is 1.53. The van der Waals surface area contributed by atoms with Crippen LogP contribution in [0.2, 0.25) is 9.49 Å². The number of ether oxygens (including phenoxy) is 1. The zero-order valence-electron chi connectivity index (χ0n) is 9.94. The molecule has 0 aliphatic heterocycles. The van der Waals surface area contributed by atoms with Crippen LogP contribution in [0.3, 0.4) is 0 Å². The topological polar surface area (TPSA) is 51.2 Å². The predicted molar refractivity (Wildman–Crippen MR) is 77.2 cm³/mol. The number of hydrogen-bond donors (Lipinski definition) is 1. The second-order valence-corrected chi connectivity index (χ2v) is 5.69. The summed E-state index contributed by atoms with van der Waals surface area (Å²) in [5.41, 5.74) is 0.936. The van der Waals surface area contributed by atoms with Gasteiger partial charge in [0, 0.05) is 11.1 Å². The number of benzene rings is 1. The standard InChI is InChI=1S/C12H10Cl2N2O2S/c1-18-11(17)10-8(13)3-2-4-9(10)15-5-7-6-16-12(14)19-7/h2-4,6,15H,5H2,1H3. The van der Waals surface area contributed by atoms with Crippen LogP contribution >= 0.6 is 34.5 Å². The van der Waals surface area contributed by atoms with Gasteiger partial charge in [-0.2, -0.15) is 0 Å². The van der Waals surface area contributed by atoms with Crippen molar-refractivity contribution in [2.75, 3.05) is 12.4 Å². The van der Waals surface area contributed by atoms with Crippen LogP contribution in [0.1, 0.15) is 15.2 Å². The van der Waals surface area contributed by atoms with Gasteiger partial charge in [-0.25, -0.2) is 9.78 Å². The average Bonchev–Trinajstić information content (AvgIpc) is 2.81. The molecule has 0 fully saturated rings. The molecule has 4 nitrogen and oxygen atoms in total. The van der Waals surface area contributed by atoms with Gasteiger partial charge in [-0.05, 0) is 12.1 Å². The molecule has 0 atom stereocenters. The Hall–Kier alpha value is -1.30. The van der Waals surface area contributed by atoms with E-state index in [0.717, 1.165) is 4.88 Å². The SMILES string of the molecule is COC(=O)c1c(Cl)cccc1NCc1cnc(Cl)s1. The fraction of sp³-hybridized carbons (Fsp3) is 0.167. The molecule has 1 N–H and O–H groups in total. The first-order valence-electron chi connectivity index (χ1n) is 5.32. The smallest absolute Gasteiger partial charge is 0.341 e. The summed E-state index contributed by atoms with van der Waals surface area (Å²) in [4.78, 5) is 16.6. The maximum atomic E-state index is 11.7. The van der Waals surface area contributed by atoms with Gasteiger partial charge < -0.3 is 10.1 Å². The minimum atomic E-state index is -0.476. The molecule has 0 spiro atoms. The van der Waals surface area contributed by atoms with Gasteiger partial charge in [-0.3, -0.25) is 0 Å². The Bertz CT molecular complexity index is 601. The number of nitrogens with zero attached hydrogens (tertiary/aromatic N) is 1. The first kappa shape index (κ1) is 14.1. The molecule has 2 aromatic rings. The molecule has 100 valence electrons. The predicted octanol–water partition coefficient (Wildman–Crippen LogP) is 3.85. The largest absolute Gasteiger partial charge is 0.465 e. The van der Waals surface area contributed by atoms with Gasteiger partial charge in [0.1, 0.15) is 5.56 Å². The summed E-state index contributed by atoms with van der Waals surface area (Å²) in [6, 6.07) is 5.17. The fourth-order valence-corrected chi connectivity index (χ4v) is 2.70. The van der Waals surface area contributed by atoms with Crippen molar-refractivity contribution in [2.45, 2.75) is 6.54 Å². The van der Waals surface area contributed by atoms with Gasteiger partial charge >= 0.3 is 5.97 Å². The Balaban J connectivity index is 2.20. The highest BCUT2D eigenvalue weighted by Gasteiger charge is 2.15. The molecule has 0 saturated carbocycles. The molecule has 0 unspecified atom stereocenters. The third kappa shape index (κ3) is 3.37. The summed E-state index contributed by atoms with van der Waals surface area (Å²) < 4.78 is 5.20. The molecule has 1 aromatic carbocycles. The van der Waals surface area contributed by atoms with Crippen LogP contribution in [-0.2, 0) is 11.3 Å². The molecule has 7 heteroatoms. The molecular weight excluding hydrogens is 307 g/mol. The number of carbonyl (C=O) groups excluding carboxylic acids is 1. The quantitative estimate of drug-likeness (QED) is 0.870. The summed E-state index contributed by atoms with van der Waals surface area (Å²) in [5, 5.41) is 3.47. The Kier molecular flexibility index (Phi) is 4.63. The summed E-state index contributed by atoms with van der Waals surface area (Å²) in [7, 11) is 1.32. The van der Waals surface area contributed by atoms with Gasteiger partial charge in [0.15, 0.2) is 4.47 Å².